The van der Waals surface area contributed by atoms with E-state index in [0.29, 0.717) is 92.5 Å². The van der Waals surface area contributed by atoms with Crippen molar-refractivity contribution in [3.63, 3.8) is 0 Å². The molecule has 0 atom stereocenters. The Morgan fingerprint density at radius 2 is 1.00 bits per heavy atom. The molecule has 5 N–H and O–H groups in total. The summed E-state index contributed by atoms with van der Waals surface area (Å²) >= 11 is 31.0. The Balaban J connectivity index is 0.000000292. The molecule has 26 heteroatoms. The predicted molar refractivity (Wildman–Crippen MR) is 341 cm³/mol. The van der Waals surface area contributed by atoms with E-state index in [1.807, 2.05) is 18.2 Å². The van der Waals surface area contributed by atoms with Crippen molar-refractivity contribution in [2.75, 3.05) is 103 Å². The first-order valence-corrected chi connectivity index (χ1v) is 27.6. The van der Waals surface area contributed by atoms with Crippen LogP contribution >= 0.6 is 58.0 Å². The lowest BCUT2D eigenvalue weighted by Crippen LogP contribution is -2.46. The number of methoxy groups -OCH3 is 4. The lowest BCUT2D eigenvalue weighted by Gasteiger charge is -2.35. The minimum atomic E-state index is -0.463. The third-order valence-corrected chi connectivity index (χ3v) is 14.1. The smallest absolute Gasteiger partial charge is 0.330 e. The number of carbonyl (C=O) groups is 4. The number of urea groups is 2. The molecule has 8 rings (SSSR count). The van der Waals surface area contributed by atoms with Gasteiger partial charge in [0.15, 0.2) is 0 Å². The molecule has 0 saturated carbocycles. The Labute approximate surface area is 517 Å². The number of amides is 5. The van der Waals surface area contributed by atoms with Gasteiger partial charge in [0.1, 0.15) is 54.7 Å². The molecule has 84 heavy (non-hydrogen) atoms. The van der Waals surface area contributed by atoms with Gasteiger partial charge in [-0.2, -0.15) is 9.97 Å². The molecule has 5 amide bonds. The van der Waals surface area contributed by atoms with Gasteiger partial charge in [0.25, 0.3) is 5.91 Å². The van der Waals surface area contributed by atoms with E-state index in [1.54, 1.807) is 89.7 Å². The number of aromatic nitrogens is 4. The summed E-state index contributed by atoms with van der Waals surface area (Å²) in [5, 5.41) is 9.24. The first-order chi connectivity index (χ1) is 40.4. The monoisotopic (exact) mass is 1250 g/mol. The van der Waals surface area contributed by atoms with Crippen LogP contribution < -0.4 is 60.2 Å². The number of halogens is 5. The van der Waals surface area contributed by atoms with E-state index in [-0.39, 0.29) is 62.4 Å². The van der Waals surface area contributed by atoms with Crippen LogP contribution in [0.1, 0.15) is 60.9 Å². The number of para-hydroxylation sites is 4. The molecule has 0 aliphatic carbocycles. The number of ether oxygens (including phenoxy) is 4. The molecular formula is C58H70Cl5N13O8. The standard InChI is InChI=1S/C25H24Cl2N6O4.C21H20Cl2N6O3.C6H15N.C4H5ClO.C2H6/c1-13(2)23(34)29-15-8-6-7-9-16(15)30-24-28-11-14-12-33(25(35)32(3)22(14)31-24)21-19(26)17(36-4)10-18(37-5)20(21)27;1-28-19-11(9-25-20(27-19)26-13-7-5-4-6-12(13)24)10-29(21(28)30)18-16(22)14(31-2)8-15(32-3)17(18)23;1-4-7(5-2)6-3;1-3(2)4(5)6;1-2/h6-11H,1,12H2,2-5H3,(H,29,34)(H,28,30,31);4-9H,10,24H2,1-3H3,(H,25,26,27);4-6H2,1-3H3;1H2,2H3;1-2H3/i;;;;1D. The van der Waals surface area contributed by atoms with Crippen molar-refractivity contribution in [3.05, 3.63) is 129 Å². The maximum absolute atomic E-state index is 13.4. The van der Waals surface area contributed by atoms with Crippen molar-refractivity contribution in [1.82, 2.24) is 24.8 Å². The fourth-order valence-electron chi connectivity index (χ4n) is 7.76. The highest BCUT2D eigenvalue weighted by Gasteiger charge is 2.37. The summed E-state index contributed by atoms with van der Waals surface area (Å²) in [6.07, 6.45) is 3.24. The molecule has 0 fully saturated rings. The van der Waals surface area contributed by atoms with Gasteiger partial charge >= 0.3 is 12.1 Å². The second-order valence-corrected chi connectivity index (χ2v) is 19.6. The van der Waals surface area contributed by atoms with Crippen LogP contribution in [0.15, 0.2) is 97.4 Å². The summed E-state index contributed by atoms with van der Waals surface area (Å²) in [6.45, 7) is 22.8. The Morgan fingerprint density at radius 1 is 0.655 bits per heavy atom. The van der Waals surface area contributed by atoms with Gasteiger partial charge in [-0.1, -0.05) is 118 Å². The summed E-state index contributed by atoms with van der Waals surface area (Å²) in [7, 11) is 9.06. The number of rotatable bonds is 16. The number of nitrogens with two attached hydrogens (primary N) is 1. The molecule has 21 nitrogen and oxygen atoms in total. The van der Waals surface area contributed by atoms with Gasteiger partial charge in [-0.25, -0.2) is 19.6 Å². The van der Waals surface area contributed by atoms with Crippen LogP contribution in [-0.2, 0) is 22.7 Å². The number of anilines is 10. The van der Waals surface area contributed by atoms with E-state index in [0.717, 1.165) is 0 Å². The van der Waals surface area contributed by atoms with Crippen LogP contribution in [0.4, 0.5) is 67.2 Å². The number of nitrogens with one attached hydrogen (secondary N) is 3. The van der Waals surface area contributed by atoms with Gasteiger partial charge < -0.3 is 45.5 Å². The minimum absolute atomic E-state index is 0.111. The first-order valence-electron chi connectivity index (χ1n) is 26.5. The summed E-state index contributed by atoms with van der Waals surface area (Å²) in [5.41, 5.74) is 11.0. The van der Waals surface area contributed by atoms with Crippen LogP contribution in [0.25, 0.3) is 0 Å². The van der Waals surface area contributed by atoms with Gasteiger partial charge in [-0.15, -0.1) is 0 Å². The molecule has 0 spiro atoms. The van der Waals surface area contributed by atoms with Crippen molar-refractivity contribution in [2.24, 2.45) is 0 Å². The summed E-state index contributed by atoms with van der Waals surface area (Å²) < 4.78 is 27.5. The second kappa shape index (κ2) is 32.3. The molecule has 0 bridgehead atoms. The van der Waals surface area contributed by atoms with Crippen molar-refractivity contribution in [2.45, 2.75) is 61.5 Å². The zero-order valence-corrected chi connectivity index (χ0v) is 52.6. The van der Waals surface area contributed by atoms with Gasteiger partial charge in [0, 0.05) is 62.3 Å². The molecular weight excluding hydrogens is 1180 g/mol. The molecule has 2 aliphatic heterocycles. The molecule has 4 aromatic carbocycles. The molecule has 2 aliphatic rings. The second-order valence-electron chi connectivity index (χ2n) is 17.7. The average Bonchev–Trinajstić information content (AvgIpc) is 1.98. The highest BCUT2D eigenvalue weighted by molar-refractivity contribution is 6.67. The number of fused-ring (bicyclic) bond motifs is 2. The van der Waals surface area contributed by atoms with E-state index >= 15 is 0 Å². The normalized spacial score (nSPS) is 12.2. The fraction of sp³-hybridized carbons (Fsp3) is 0.310. The number of nitrogen functional groups attached to an aromatic ring is 1. The zero-order chi connectivity index (χ0) is 63.4. The molecule has 2 aromatic heterocycles. The topological polar surface area (TPSA) is 235 Å². The van der Waals surface area contributed by atoms with Crippen molar-refractivity contribution in [3.8, 4) is 23.0 Å². The Hall–Kier alpha value is -7.79. The lowest BCUT2D eigenvalue weighted by atomic mass is 10.2. The maximum atomic E-state index is 13.4. The Kier molecular flexibility index (Phi) is 25.8. The average molecular weight is 1260 g/mol. The van der Waals surface area contributed by atoms with Crippen molar-refractivity contribution < 1.29 is 39.5 Å². The SMILES string of the molecule is C=C(C)C(=O)Cl.C=C(C)C(=O)Nc1ccccc1Nc1ncc2c(n1)N(C)C(=O)N(c1c(Cl)c(OC)cc(OC)c1Cl)C2.CCN(CC)CC.COc1cc(OC)c(Cl)c(N2Cc3cnc(Nc4ccccc4N)nc3N(C)C2=O)c1Cl.[2H]CC. The van der Waals surface area contributed by atoms with E-state index in [4.69, 9.17) is 84.1 Å². The van der Waals surface area contributed by atoms with Crippen LogP contribution in [-0.4, -0.2) is 110 Å². The minimum Gasteiger partial charge on any atom is -0.495 e. The number of hydrogen-bond acceptors (Lipinski definition) is 16. The Bertz CT molecular complexity index is 3300. The molecule has 4 heterocycles. The number of allylic oxidation sites excluding steroid dienone is 1. The lowest BCUT2D eigenvalue weighted by molar-refractivity contribution is -0.112. The third-order valence-electron chi connectivity index (χ3n) is 12.3. The summed E-state index contributed by atoms with van der Waals surface area (Å²) in [5.74, 6) is 2.40. The van der Waals surface area contributed by atoms with Gasteiger partial charge in [0.2, 0.25) is 17.1 Å². The Morgan fingerprint density at radius 3 is 1.32 bits per heavy atom. The van der Waals surface area contributed by atoms with Gasteiger partial charge in [-0.3, -0.25) is 29.2 Å². The predicted octanol–water partition coefficient (Wildman–Crippen LogP) is 14.0. The summed E-state index contributed by atoms with van der Waals surface area (Å²) in [6, 6.07) is 16.7. The van der Waals surface area contributed by atoms with E-state index in [9.17, 15) is 19.2 Å². The quantitative estimate of drug-likeness (QED) is 0.0400. The van der Waals surface area contributed by atoms with Crippen molar-refractivity contribution in [1.29, 1.82) is 0 Å². The highest BCUT2D eigenvalue weighted by atomic mass is 35.5. The van der Waals surface area contributed by atoms with E-state index in [1.165, 1.54) is 67.7 Å². The molecule has 0 radical (unpaired) electrons. The number of carbonyl (C=O) groups excluding carboxylic acids is 4. The molecule has 6 aromatic rings. The van der Waals surface area contributed by atoms with Crippen LogP contribution in [0, 0.1) is 0 Å². The fourth-order valence-corrected chi connectivity index (χ4v) is 9.17. The van der Waals surface area contributed by atoms with E-state index < -0.39 is 11.3 Å². The number of benzene rings is 4. The van der Waals surface area contributed by atoms with Crippen molar-refractivity contribution >= 4 is 139 Å². The number of nitrogens with zero attached hydrogens (tertiary/aromatic N) is 9. The largest absolute Gasteiger partial charge is 0.495 e. The summed E-state index contributed by atoms with van der Waals surface area (Å²) in [4.78, 5) is 74.4. The van der Waals surface area contributed by atoms with Crippen LogP contribution in [0.2, 0.25) is 20.1 Å². The van der Waals surface area contributed by atoms with Crippen LogP contribution in [0.3, 0.4) is 0 Å². The molecule has 450 valence electrons. The third kappa shape index (κ3) is 16.7. The highest BCUT2D eigenvalue weighted by Crippen LogP contribution is 2.49. The zero-order valence-electron chi connectivity index (χ0n) is 49.8. The van der Waals surface area contributed by atoms with E-state index in [2.05, 4.69) is 74.7 Å². The van der Waals surface area contributed by atoms with Crippen LogP contribution in [0.5, 0.6) is 23.0 Å². The molecule has 0 saturated heterocycles. The van der Waals surface area contributed by atoms with Gasteiger partial charge in [0.05, 0.1) is 75.7 Å². The number of hydrogen-bond donors (Lipinski definition) is 4. The first kappa shape index (κ1) is 67.0. The van der Waals surface area contributed by atoms with Gasteiger partial charge in [-0.05, 0) is 69.3 Å². The molecule has 0 unspecified atom stereocenters. The maximum Gasteiger partial charge on any atom is 0.330 e.